The maximum atomic E-state index is 5.74. The largest absolute Gasteiger partial charge is 0.0875 e. The normalized spacial score (nSPS) is 17.0. The van der Waals surface area contributed by atoms with E-state index in [0.717, 1.165) is 17.9 Å². The van der Waals surface area contributed by atoms with Crippen molar-refractivity contribution in [2.24, 2.45) is 0 Å². The van der Waals surface area contributed by atoms with E-state index in [0.29, 0.717) is 5.03 Å². The first-order valence-corrected chi connectivity index (χ1v) is 4.67. The van der Waals surface area contributed by atoms with Gasteiger partial charge in [-0.05, 0) is 25.8 Å². The molecule has 0 saturated carbocycles. The quantitative estimate of drug-likeness (QED) is 0.533. The van der Waals surface area contributed by atoms with Crippen LogP contribution in [0.25, 0.3) is 0 Å². The van der Waals surface area contributed by atoms with Crippen molar-refractivity contribution >= 4 is 23.2 Å². The van der Waals surface area contributed by atoms with Crippen molar-refractivity contribution in [3.05, 3.63) is 21.7 Å². The van der Waals surface area contributed by atoms with Crippen molar-refractivity contribution in [3.8, 4) is 0 Å². The van der Waals surface area contributed by atoms with Gasteiger partial charge in [0.2, 0.25) is 0 Å². The van der Waals surface area contributed by atoms with Crippen LogP contribution in [0.2, 0.25) is 0 Å². The minimum atomic E-state index is 0.709. The fourth-order valence-electron chi connectivity index (χ4n) is 0.793. The van der Waals surface area contributed by atoms with E-state index < -0.39 is 0 Å². The lowest BCUT2D eigenvalue weighted by molar-refractivity contribution is 0.943. The molecule has 0 saturated heterocycles. The van der Waals surface area contributed by atoms with Gasteiger partial charge in [0.05, 0.1) is 5.03 Å². The lowest BCUT2D eigenvalue weighted by Crippen LogP contribution is -1.87. The Hall–Kier alpha value is 0.0600. The van der Waals surface area contributed by atoms with Crippen LogP contribution in [0.15, 0.2) is 21.7 Å². The minimum absolute atomic E-state index is 0.709. The molecular formula is C9H14Cl2. The molecule has 0 aromatic carbocycles. The lowest BCUT2D eigenvalue weighted by Gasteiger charge is -2.07. The molecule has 1 aliphatic carbocycles. The molecule has 0 radical (unpaired) electrons. The predicted octanol–water partition coefficient (Wildman–Crippen LogP) is 4.44. The first kappa shape index (κ1) is 11.1. The topological polar surface area (TPSA) is 0 Å². The molecule has 0 aliphatic heterocycles. The van der Waals surface area contributed by atoms with Crippen molar-refractivity contribution in [3.63, 3.8) is 0 Å². The molecule has 0 fully saturated rings. The van der Waals surface area contributed by atoms with Gasteiger partial charge in [-0.3, -0.25) is 0 Å². The SMILES string of the molecule is CC.CC1=CC(Cl)=C(Cl)CC1. The molecule has 0 heterocycles. The van der Waals surface area contributed by atoms with Crippen LogP contribution in [0.5, 0.6) is 0 Å². The number of hydrogen-bond donors (Lipinski definition) is 0. The molecule has 0 atom stereocenters. The molecule has 64 valence electrons. The number of halogens is 2. The molecule has 0 nitrogen and oxygen atoms in total. The first-order chi connectivity index (χ1) is 5.20. The highest BCUT2D eigenvalue weighted by molar-refractivity contribution is 6.40. The summed E-state index contributed by atoms with van der Waals surface area (Å²) in [5.41, 5.74) is 1.31. The van der Waals surface area contributed by atoms with E-state index in [9.17, 15) is 0 Å². The molecule has 1 rings (SSSR count). The van der Waals surface area contributed by atoms with E-state index in [1.54, 1.807) is 0 Å². The molecule has 0 N–H and O–H groups in total. The molecule has 0 unspecified atom stereocenters. The summed E-state index contributed by atoms with van der Waals surface area (Å²) >= 11 is 11.5. The molecule has 0 bridgehead atoms. The third kappa shape index (κ3) is 3.83. The summed E-state index contributed by atoms with van der Waals surface area (Å²) in [5.74, 6) is 0. The van der Waals surface area contributed by atoms with Crippen LogP contribution in [0.1, 0.15) is 33.6 Å². The van der Waals surface area contributed by atoms with Crippen molar-refractivity contribution in [2.75, 3.05) is 0 Å². The minimum Gasteiger partial charge on any atom is -0.0875 e. The summed E-state index contributed by atoms with van der Waals surface area (Å²) in [7, 11) is 0. The smallest absolute Gasteiger partial charge is 0.0550 e. The third-order valence-corrected chi connectivity index (χ3v) is 2.20. The Balaban J connectivity index is 0.000000461. The Labute approximate surface area is 78.9 Å². The highest BCUT2D eigenvalue weighted by atomic mass is 35.5. The van der Waals surface area contributed by atoms with E-state index in [1.165, 1.54) is 5.57 Å². The van der Waals surface area contributed by atoms with Crippen LogP contribution in [-0.4, -0.2) is 0 Å². The molecular weight excluding hydrogens is 179 g/mol. The molecule has 11 heavy (non-hydrogen) atoms. The summed E-state index contributed by atoms with van der Waals surface area (Å²) in [6, 6.07) is 0. The van der Waals surface area contributed by atoms with E-state index in [2.05, 4.69) is 6.92 Å². The van der Waals surface area contributed by atoms with Crippen molar-refractivity contribution < 1.29 is 0 Å². The first-order valence-electron chi connectivity index (χ1n) is 3.91. The summed E-state index contributed by atoms with van der Waals surface area (Å²) in [4.78, 5) is 0. The monoisotopic (exact) mass is 192 g/mol. The van der Waals surface area contributed by atoms with E-state index >= 15 is 0 Å². The van der Waals surface area contributed by atoms with E-state index in [1.807, 2.05) is 19.9 Å². The summed E-state index contributed by atoms with van der Waals surface area (Å²) in [6.45, 7) is 6.06. The van der Waals surface area contributed by atoms with Gasteiger partial charge in [-0.2, -0.15) is 0 Å². The third-order valence-electron chi connectivity index (χ3n) is 1.37. The van der Waals surface area contributed by atoms with Crippen LogP contribution in [0, 0.1) is 0 Å². The molecule has 0 aromatic heterocycles. The maximum Gasteiger partial charge on any atom is 0.0550 e. The van der Waals surface area contributed by atoms with Gasteiger partial charge >= 0.3 is 0 Å². The predicted molar refractivity (Wildman–Crippen MR) is 53.1 cm³/mol. The zero-order valence-corrected chi connectivity index (χ0v) is 8.76. The second-order valence-electron chi connectivity index (χ2n) is 2.24. The highest BCUT2D eigenvalue weighted by Gasteiger charge is 2.05. The van der Waals surface area contributed by atoms with Crippen LogP contribution in [0.4, 0.5) is 0 Å². The van der Waals surface area contributed by atoms with Gasteiger partial charge in [-0.25, -0.2) is 0 Å². The zero-order chi connectivity index (χ0) is 8.85. The molecule has 1 aliphatic rings. The lowest BCUT2D eigenvalue weighted by atomic mass is 10.1. The second-order valence-corrected chi connectivity index (χ2v) is 3.11. The zero-order valence-electron chi connectivity index (χ0n) is 7.25. The second kappa shape index (κ2) is 5.68. The highest BCUT2D eigenvalue weighted by Crippen LogP contribution is 2.28. The van der Waals surface area contributed by atoms with Gasteiger partial charge in [-0.15, -0.1) is 0 Å². The van der Waals surface area contributed by atoms with Crippen LogP contribution in [0.3, 0.4) is 0 Å². The average Bonchev–Trinajstić information content (AvgIpc) is 2.02. The summed E-state index contributed by atoms with van der Waals surface area (Å²) in [6.07, 6.45) is 3.88. The van der Waals surface area contributed by atoms with Crippen molar-refractivity contribution in [1.29, 1.82) is 0 Å². The van der Waals surface area contributed by atoms with Crippen molar-refractivity contribution in [1.82, 2.24) is 0 Å². The Bertz CT molecular complexity index is 178. The summed E-state index contributed by atoms with van der Waals surface area (Å²) < 4.78 is 0. The molecule has 0 aromatic rings. The van der Waals surface area contributed by atoms with Gasteiger partial charge in [0.25, 0.3) is 0 Å². The number of hydrogen-bond acceptors (Lipinski definition) is 0. The summed E-state index contributed by atoms with van der Waals surface area (Å²) in [5, 5.41) is 1.50. The Kier molecular flexibility index (Phi) is 5.71. The molecule has 0 amide bonds. The van der Waals surface area contributed by atoms with Crippen LogP contribution < -0.4 is 0 Å². The molecule has 0 spiro atoms. The van der Waals surface area contributed by atoms with Gasteiger partial charge in [-0.1, -0.05) is 42.6 Å². The van der Waals surface area contributed by atoms with Crippen molar-refractivity contribution in [2.45, 2.75) is 33.6 Å². The Morgan fingerprint density at radius 3 is 2.09 bits per heavy atom. The standard InChI is InChI=1S/C7H8Cl2.C2H6/c1-5-2-3-6(8)7(9)4-5;1-2/h4H,2-3H2,1H3;1-2H3. The fourth-order valence-corrected chi connectivity index (χ4v) is 1.22. The van der Waals surface area contributed by atoms with Gasteiger partial charge in [0.15, 0.2) is 0 Å². The number of allylic oxidation sites excluding steroid dienone is 4. The average molecular weight is 193 g/mol. The number of rotatable bonds is 0. The van der Waals surface area contributed by atoms with E-state index in [4.69, 9.17) is 23.2 Å². The van der Waals surface area contributed by atoms with Crippen LogP contribution >= 0.6 is 23.2 Å². The maximum absolute atomic E-state index is 5.74. The fraction of sp³-hybridized carbons (Fsp3) is 0.556. The van der Waals surface area contributed by atoms with Gasteiger partial charge in [0, 0.05) is 5.03 Å². The van der Waals surface area contributed by atoms with Crippen LogP contribution in [-0.2, 0) is 0 Å². The van der Waals surface area contributed by atoms with Gasteiger partial charge in [0.1, 0.15) is 0 Å². The molecule has 2 heteroatoms. The van der Waals surface area contributed by atoms with E-state index in [-0.39, 0.29) is 0 Å². The van der Waals surface area contributed by atoms with Gasteiger partial charge < -0.3 is 0 Å². The Morgan fingerprint density at radius 1 is 1.18 bits per heavy atom. The Morgan fingerprint density at radius 2 is 1.73 bits per heavy atom.